The quantitative estimate of drug-likeness (QED) is 0.0422. The zero-order valence-corrected chi connectivity index (χ0v) is 41.1. The Morgan fingerprint density at radius 3 is 1.06 bits per heavy atom. The third-order valence-corrected chi connectivity index (χ3v) is 11.9. The van der Waals surface area contributed by atoms with Gasteiger partial charge in [-0.3, -0.25) is 4.79 Å². The molecule has 0 fully saturated rings. The SMILES string of the molecule is CC/C=C\C/C=C\C/C=C\C/C=C\C/C=C\C/C=C\C/C=C\CCCCCCCCCCCCCCCC(=O)NC(CO)C(O)CCCCCCCCCCCCCCCCC. The number of carbonyl (C=O) groups is 1. The summed E-state index contributed by atoms with van der Waals surface area (Å²) in [6.45, 7) is 4.25. The summed E-state index contributed by atoms with van der Waals surface area (Å²) in [6.07, 6.45) is 76.9. The molecule has 4 heteroatoms. The minimum Gasteiger partial charge on any atom is -0.394 e. The first-order valence-corrected chi connectivity index (χ1v) is 26.8. The molecular weight excluding hydrogens is 759 g/mol. The Kier molecular flexibility index (Phi) is 50.8. The Morgan fingerprint density at radius 2 is 0.710 bits per heavy atom. The molecule has 0 aromatic carbocycles. The number of amides is 1. The monoisotopic (exact) mass is 862 g/mol. The number of hydrogen-bond donors (Lipinski definition) is 3. The van der Waals surface area contributed by atoms with E-state index in [1.165, 1.54) is 161 Å². The molecule has 1 amide bonds. The maximum Gasteiger partial charge on any atom is 0.220 e. The van der Waals surface area contributed by atoms with E-state index in [4.69, 9.17) is 0 Å². The summed E-state index contributed by atoms with van der Waals surface area (Å²) in [4.78, 5) is 12.5. The zero-order chi connectivity index (χ0) is 44.9. The van der Waals surface area contributed by atoms with Gasteiger partial charge in [-0.25, -0.2) is 0 Å². The van der Waals surface area contributed by atoms with Crippen molar-refractivity contribution in [1.82, 2.24) is 5.32 Å². The molecule has 0 heterocycles. The number of nitrogens with one attached hydrogen (secondary N) is 1. The van der Waals surface area contributed by atoms with Crippen molar-refractivity contribution in [1.29, 1.82) is 0 Å². The lowest BCUT2D eigenvalue weighted by Crippen LogP contribution is -2.45. The molecule has 0 radical (unpaired) electrons. The number of rotatable bonds is 48. The molecule has 0 aliphatic rings. The number of hydrogen-bond acceptors (Lipinski definition) is 3. The molecule has 0 aliphatic heterocycles. The van der Waals surface area contributed by atoms with Crippen molar-refractivity contribution in [3.05, 3.63) is 85.1 Å². The lowest BCUT2D eigenvalue weighted by Gasteiger charge is -2.22. The van der Waals surface area contributed by atoms with E-state index in [1.807, 2.05) is 0 Å². The Bertz CT molecular complexity index is 1110. The Labute approximate surface area is 386 Å². The van der Waals surface area contributed by atoms with Crippen molar-refractivity contribution >= 4 is 5.91 Å². The fourth-order valence-corrected chi connectivity index (χ4v) is 7.87. The van der Waals surface area contributed by atoms with E-state index in [2.05, 4.69) is 104 Å². The van der Waals surface area contributed by atoms with E-state index in [1.54, 1.807) is 0 Å². The molecule has 2 unspecified atom stereocenters. The van der Waals surface area contributed by atoms with Gasteiger partial charge in [-0.05, 0) is 70.6 Å². The van der Waals surface area contributed by atoms with Gasteiger partial charge in [0, 0.05) is 6.42 Å². The third-order valence-electron chi connectivity index (χ3n) is 11.9. The van der Waals surface area contributed by atoms with Crippen LogP contribution in [0.5, 0.6) is 0 Å². The van der Waals surface area contributed by atoms with Gasteiger partial charge >= 0.3 is 0 Å². The fourth-order valence-electron chi connectivity index (χ4n) is 7.87. The summed E-state index contributed by atoms with van der Waals surface area (Å²) >= 11 is 0. The number of aliphatic hydroxyl groups excluding tert-OH is 2. The molecule has 0 bridgehead atoms. The maximum atomic E-state index is 12.5. The van der Waals surface area contributed by atoms with Crippen LogP contribution >= 0.6 is 0 Å². The molecule has 0 aliphatic carbocycles. The van der Waals surface area contributed by atoms with E-state index in [9.17, 15) is 15.0 Å². The predicted molar refractivity (Wildman–Crippen MR) is 276 cm³/mol. The molecule has 62 heavy (non-hydrogen) atoms. The van der Waals surface area contributed by atoms with Crippen LogP contribution in [0.1, 0.15) is 258 Å². The van der Waals surface area contributed by atoms with Gasteiger partial charge in [0.05, 0.1) is 18.8 Å². The minimum atomic E-state index is -0.663. The first kappa shape index (κ1) is 59.6. The van der Waals surface area contributed by atoms with Crippen LogP contribution in [0.25, 0.3) is 0 Å². The summed E-state index contributed by atoms with van der Waals surface area (Å²) in [7, 11) is 0. The van der Waals surface area contributed by atoms with Crippen LogP contribution in [0.3, 0.4) is 0 Å². The topological polar surface area (TPSA) is 69.6 Å². The molecule has 0 saturated carbocycles. The second-order valence-corrected chi connectivity index (χ2v) is 17.9. The molecular formula is C58H103NO3. The summed E-state index contributed by atoms with van der Waals surface area (Å²) in [6, 6.07) is -0.540. The van der Waals surface area contributed by atoms with E-state index in [-0.39, 0.29) is 12.5 Å². The first-order valence-electron chi connectivity index (χ1n) is 26.8. The summed E-state index contributed by atoms with van der Waals surface area (Å²) in [5.74, 6) is -0.0344. The maximum absolute atomic E-state index is 12.5. The summed E-state index contributed by atoms with van der Waals surface area (Å²) in [5.41, 5.74) is 0. The highest BCUT2D eigenvalue weighted by Crippen LogP contribution is 2.16. The number of allylic oxidation sites excluding steroid dienone is 14. The average molecular weight is 862 g/mol. The molecule has 0 saturated heterocycles. The van der Waals surface area contributed by atoms with Gasteiger partial charge in [0.15, 0.2) is 0 Å². The highest BCUT2D eigenvalue weighted by atomic mass is 16.3. The Balaban J connectivity index is 3.51. The largest absolute Gasteiger partial charge is 0.394 e. The number of unbranched alkanes of at least 4 members (excludes halogenated alkanes) is 27. The fraction of sp³-hybridized carbons (Fsp3) is 0.741. The first-order chi connectivity index (χ1) is 30.7. The Morgan fingerprint density at radius 1 is 0.403 bits per heavy atom. The normalized spacial score (nSPS) is 13.5. The van der Waals surface area contributed by atoms with Crippen LogP contribution in [0, 0.1) is 0 Å². The lowest BCUT2D eigenvalue weighted by molar-refractivity contribution is -0.123. The van der Waals surface area contributed by atoms with E-state index in [0.29, 0.717) is 12.8 Å². The van der Waals surface area contributed by atoms with Gasteiger partial charge in [0.1, 0.15) is 0 Å². The molecule has 4 nitrogen and oxygen atoms in total. The summed E-state index contributed by atoms with van der Waals surface area (Å²) < 4.78 is 0. The summed E-state index contributed by atoms with van der Waals surface area (Å²) in [5, 5.41) is 23.3. The second kappa shape index (κ2) is 52.9. The van der Waals surface area contributed by atoms with E-state index in [0.717, 1.165) is 70.6 Å². The Hall–Kier alpha value is -2.43. The van der Waals surface area contributed by atoms with Gasteiger partial charge in [0.2, 0.25) is 5.91 Å². The zero-order valence-electron chi connectivity index (χ0n) is 41.1. The van der Waals surface area contributed by atoms with Gasteiger partial charge in [-0.2, -0.15) is 0 Å². The highest BCUT2D eigenvalue weighted by Gasteiger charge is 2.20. The van der Waals surface area contributed by atoms with Crippen LogP contribution in [-0.2, 0) is 4.79 Å². The van der Waals surface area contributed by atoms with Gasteiger partial charge in [-0.1, -0.05) is 266 Å². The molecule has 0 rings (SSSR count). The van der Waals surface area contributed by atoms with Crippen LogP contribution < -0.4 is 5.32 Å². The van der Waals surface area contributed by atoms with Crippen LogP contribution in [0.2, 0.25) is 0 Å². The average Bonchev–Trinajstić information content (AvgIpc) is 3.28. The van der Waals surface area contributed by atoms with E-state index < -0.39 is 12.1 Å². The van der Waals surface area contributed by atoms with Crippen molar-refractivity contribution in [2.24, 2.45) is 0 Å². The predicted octanol–water partition coefficient (Wildman–Crippen LogP) is 17.6. The molecule has 358 valence electrons. The van der Waals surface area contributed by atoms with E-state index >= 15 is 0 Å². The smallest absolute Gasteiger partial charge is 0.220 e. The lowest BCUT2D eigenvalue weighted by atomic mass is 10.0. The standard InChI is InChI=1S/C58H103NO3/c1-3-5-7-9-11-13-15-17-19-20-21-22-23-24-25-26-27-28-29-30-31-32-33-34-35-36-37-38-40-42-44-46-48-50-52-54-58(62)59-56(55-60)57(61)53-51-49-47-45-43-41-39-18-16-14-12-10-8-6-4-2/h5,7,11,13,17,19,21-22,24-25,27-28,30-31,56-57,60-61H,3-4,6,8-10,12,14-16,18,20,23,26,29,32-55H2,1-2H3,(H,59,62)/b7-5-,13-11-,19-17-,22-21-,25-24-,28-27-,31-30-. The van der Waals surface area contributed by atoms with Crippen molar-refractivity contribution in [3.63, 3.8) is 0 Å². The van der Waals surface area contributed by atoms with Gasteiger partial charge in [0.25, 0.3) is 0 Å². The molecule has 0 spiro atoms. The number of aliphatic hydroxyl groups is 2. The number of carbonyl (C=O) groups excluding carboxylic acids is 1. The van der Waals surface area contributed by atoms with Crippen LogP contribution in [0.4, 0.5) is 0 Å². The van der Waals surface area contributed by atoms with Crippen molar-refractivity contribution in [3.8, 4) is 0 Å². The third kappa shape index (κ3) is 48.6. The van der Waals surface area contributed by atoms with Crippen LogP contribution in [-0.4, -0.2) is 34.9 Å². The molecule has 2 atom stereocenters. The molecule has 0 aromatic rings. The highest BCUT2D eigenvalue weighted by molar-refractivity contribution is 5.76. The van der Waals surface area contributed by atoms with Crippen molar-refractivity contribution < 1.29 is 15.0 Å². The van der Waals surface area contributed by atoms with Crippen molar-refractivity contribution in [2.45, 2.75) is 270 Å². The minimum absolute atomic E-state index is 0.0344. The second-order valence-electron chi connectivity index (χ2n) is 17.9. The molecule has 0 aromatic heterocycles. The van der Waals surface area contributed by atoms with Crippen molar-refractivity contribution in [2.75, 3.05) is 6.61 Å². The molecule has 3 N–H and O–H groups in total. The van der Waals surface area contributed by atoms with Gasteiger partial charge in [-0.15, -0.1) is 0 Å². The van der Waals surface area contributed by atoms with Crippen LogP contribution in [0.15, 0.2) is 85.1 Å². The van der Waals surface area contributed by atoms with Gasteiger partial charge < -0.3 is 15.5 Å².